The summed E-state index contributed by atoms with van der Waals surface area (Å²) in [6, 6.07) is 0. The maximum atomic E-state index is 2.83. The van der Waals surface area contributed by atoms with E-state index < -0.39 is 21.5 Å². The summed E-state index contributed by atoms with van der Waals surface area (Å²) in [4.78, 5) is 0. The van der Waals surface area contributed by atoms with Gasteiger partial charge < -0.3 is 0 Å². The first-order valence-corrected chi connectivity index (χ1v) is 15.4. The van der Waals surface area contributed by atoms with Crippen LogP contribution in [0.3, 0.4) is 0 Å². The summed E-state index contributed by atoms with van der Waals surface area (Å²) in [5.41, 5.74) is 0. The van der Waals surface area contributed by atoms with Crippen LogP contribution in [0.15, 0.2) is 0 Å². The molecule has 0 atom stereocenters. The molecule has 0 rings (SSSR count). The Labute approximate surface area is 83.6 Å². The van der Waals surface area contributed by atoms with E-state index in [4.69, 9.17) is 0 Å². The van der Waals surface area contributed by atoms with Crippen LogP contribution in [0.5, 0.6) is 0 Å². The fourth-order valence-electron chi connectivity index (χ4n) is 2.32. The van der Waals surface area contributed by atoms with Crippen LogP contribution in [-0.4, -0.2) is 37.3 Å². The molecule has 0 heterocycles. The van der Waals surface area contributed by atoms with Gasteiger partial charge in [0, 0.05) is 0 Å². The Morgan fingerprint density at radius 1 is 0.750 bits per heavy atom. The number of hydrogen-bond donors (Lipinski definition) is 0. The van der Waals surface area contributed by atoms with Gasteiger partial charge in [-0.2, -0.15) is 0 Å². The SMILES string of the molecule is CC[N](CC)[Pb]([CH2]C)([CH2]C)[CH2]C. The summed E-state index contributed by atoms with van der Waals surface area (Å²) in [7, 11) is 0. The van der Waals surface area contributed by atoms with Crippen LogP contribution in [0.25, 0.3) is 0 Å². The topological polar surface area (TPSA) is 3.24 Å². The monoisotopic (exact) mass is 367 g/mol. The van der Waals surface area contributed by atoms with Gasteiger partial charge in [-0.3, -0.25) is 0 Å². The third-order valence-corrected chi connectivity index (χ3v) is 26.4. The first-order valence-electron chi connectivity index (χ1n) is 5.45. The van der Waals surface area contributed by atoms with E-state index >= 15 is 0 Å². The van der Waals surface area contributed by atoms with Gasteiger partial charge in [0.2, 0.25) is 0 Å². The predicted molar refractivity (Wildman–Crippen MR) is 60.1 cm³/mol. The average Bonchev–Trinajstić information content (AvgIpc) is 2.14. The minimum atomic E-state index is -1.91. The molecule has 0 amide bonds. The van der Waals surface area contributed by atoms with Crippen molar-refractivity contribution in [2.75, 3.05) is 13.1 Å². The van der Waals surface area contributed by atoms with E-state index in [1.807, 2.05) is 0 Å². The summed E-state index contributed by atoms with van der Waals surface area (Å²) < 4.78 is 7.33. The van der Waals surface area contributed by atoms with Gasteiger partial charge in [-0.05, 0) is 0 Å². The summed E-state index contributed by atoms with van der Waals surface area (Å²) in [6.07, 6.45) is 0. The van der Waals surface area contributed by atoms with Crippen LogP contribution in [-0.2, 0) is 0 Å². The van der Waals surface area contributed by atoms with Crippen molar-refractivity contribution in [3.8, 4) is 0 Å². The molecule has 1 nitrogen and oxygen atoms in total. The fourth-order valence-corrected chi connectivity index (χ4v) is 18.6. The Hall–Kier alpha value is 0.882. The molecule has 74 valence electrons. The molecule has 2 heteroatoms. The number of nitrogens with zero attached hydrogens (tertiary/aromatic N) is 1. The molecule has 0 aliphatic heterocycles. The van der Waals surface area contributed by atoms with Crippen molar-refractivity contribution in [1.29, 1.82) is 0 Å². The van der Waals surface area contributed by atoms with Gasteiger partial charge in [-0.15, -0.1) is 0 Å². The first-order chi connectivity index (χ1) is 5.70. The van der Waals surface area contributed by atoms with Crippen molar-refractivity contribution in [2.45, 2.75) is 46.6 Å². The number of hydrogen-bond acceptors (Lipinski definition) is 1. The van der Waals surface area contributed by atoms with Gasteiger partial charge in [-0.25, -0.2) is 0 Å². The van der Waals surface area contributed by atoms with Crippen molar-refractivity contribution in [3.05, 3.63) is 0 Å². The first kappa shape index (κ1) is 12.9. The van der Waals surface area contributed by atoms with E-state index in [1.54, 1.807) is 0 Å². The van der Waals surface area contributed by atoms with E-state index in [2.05, 4.69) is 37.3 Å². The van der Waals surface area contributed by atoms with Gasteiger partial charge in [0.15, 0.2) is 0 Å². The van der Waals surface area contributed by atoms with E-state index in [0.29, 0.717) is 0 Å². The molecule has 0 aliphatic rings. The van der Waals surface area contributed by atoms with Crippen molar-refractivity contribution in [1.82, 2.24) is 2.71 Å². The van der Waals surface area contributed by atoms with Gasteiger partial charge in [0.05, 0.1) is 0 Å². The third kappa shape index (κ3) is 2.69. The molecular weight excluding hydrogens is 341 g/mol. The second-order valence-corrected chi connectivity index (χ2v) is 23.7. The maximum absolute atomic E-state index is 2.83. The van der Waals surface area contributed by atoms with Crippen LogP contribution in [0.2, 0.25) is 11.9 Å². The molecule has 0 saturated heterocycles. The molecule has 12 heavy (non-hydrogen) atoms. The van der Waals surface area contributed by atoms with Crippen LogP contribution in [0.1, 0.15) is 34.6 Å². The summed E-state index contributed by atoms with van der Waals surface area (Å²) in [5.74, 6) is 0. The Balaban J connectivity index is 4.42. The average molecular weight is 367 g/mol. The number of rotatable bonds is 6. The second kappa shape index (κ2) is 6.35. The van der Waals surface area contributed by atoms with E-state index in [-0.39, 0.29) is 0 Å². The van der Waals surface area contributed by atoms with E-state index in [9.17, 15) is 0 Å². The van der Waals surface area contributed by atoms with Gasteiger partial charge in [0.1, 0.15) is 0 Å². The zero-order valence-corrected chi connectivity index (χ0v) is 13.4. The van der Waals surface area contributed by atoms with Gasteiger partial charge in [-0.1, -0.05) is 0 Å². The quantitative estimate of drug-likeness (QED) is 0.652. The Bertz CT molecular complexity index is 98.1. The molecule has 0 saturated carbocycles. The third-order valence-electron chi connectivity index (χ3n) is 3.41. The second-order valence-electron chi connectivity index (χ2n) is 3.46. The molecule has 0 aromatic carbocycles. The van der Waals surface area contributed by atoms with Crippen molar-refractivity contribution < 1.29 is 0 Å². The van der Waals surface area contributed by atoms with Crippen LogP contribution in [0, 0.1) is 0 Å². The summed E-state index contributed by atoms with van der Waals surface area (Å²) in [6.45, 7) is 14.4. The van der Waals surface area contributed by atoms with Crippen molar-refractivity contribution in [2.24, 2.45) is 0 Å². The van der Waals surface area contributed by atoms with Gasteiger partial charge in [0.25, 0.3) is 0 Å². The predicted octanol–water partition coefficient (Wildman–Crippen LogP) is 3.33. The molecule has 0 spiro atoms. The molecule has 0 unspecified atom stereocenters. The Morgan fingerprint density at radius 3 is 1.17 bits per heavy atom. The molecule has 0 aromatic heterocycles. The summed E-state index contributed by atoms with van der Waals surface area (Å²) in [5, 5.41) is 0. The van der Waals surface area contributed by atoms with Crippen molar-refractivity contribution >= 4 is 21.5 Å². The Kier molecular flexibility index (Phi) is 6.82. The Morgan fingerprint density at radius 2 is 1.08 bits per heavy atom. The normalized spacial score (nSPS) is 12.5. The zero-order valence-electron chi connectivity index (χ0n) is 9.48. The molecular formula is C10H25NPb. The molecule has 0 fully saturated rings. The molecule has 0 radical (unpaired) electrons. The minimum absolute atomic E-state index is 1.29. The molecule has 0 bridgehead atoms. The van der Waals surface area contributed by atoms with E-state index in [0.717, 1.165) is 0 Å². The zero-order chi connectivity index (χ0) is 9.61. The molecule has 0 aliphatic carbocycles. The van der Waals surface area contributed by atoms with E-state index in [1.165, 1.54) is 25.0 Å². The van der Waals surface area contributed by atoms with Gasteiger partial charge >= 0.3 is 83.8 Å². The van der Waals surface area contributed by atoms with Crippen LogP contribution >= 0.6 is 0 Å². The fraction of sp³-hybridized carbons (Fsp3) is 1.00. The summed E-state index contributed by atoms with van der Waals surface area (Å²) >= 11 is -1.91. The van der Waals surface area contributed by atoms with Crippen molar-refractivity contribution in [3.63, 3.8) is 0 Å². The molecule has 0 N–H and O–H groups in total. The molecule has 0 aromatic rings. The van der Waals surface area contributed by atoms with Crippen LogP contribution < -0.4 is 0 Å². The standard InChI is InChI=1S/C4H10N.3C2H5.Pb/c1-3-5-4-2;3*1-2;/h3-4H2,1-2H3;3*1H2,2H3;/q-1;;;;+1. The van der Waals surface area contributed by atoms with Crippen LogP contribution in [0.4, 0.5) is 0 Å².